The molecule has 0 saturated carbocycles. The average molecular weight is 318 g/mol. The summed E-state index contributed by atoms with van der Waals surface area (Å²) in [5.41, 5.74) is 3.73. The molecule has 0 unspecified atom stereocenters. The van der Waals surface area contributed by atoms with Gasteiger partial charge in [-0.05, 0) is 11.6 Å². The molecular weight excluding hydrogens is 304 g/mol. The van der Waals surface area contributed by atoms with Gasteiger partial charge in [-0.3, -0.25) is 14.8 Å². The SMILES string of the molecule is O=CNc1cc(-c2ccc(Cn3cc4ccccc4n3)cc2)no1. The zero-order valence-corrected chi connectivity index (χ0v) is 12.7. The fraction of sp³-hybridized carbons (Fsp3) is 0.0556. The summed E-state index contributed by atoms with van der Waals surface area (Å²) in [6.07, 6.45) is 2.60. The number of anilines is 1. The van der Waals surface area contributed by atoms with E-state index in [1.54, 1.807) is 6.07 Å². The first kappa shape index (κ1) is 14.2. The number of carbonyl (C=O) groups excluding carboxylic acids is 1. The zero-order valence-electron chi connectivity index (χ0n) is 12.7. The third-order valence-electron chi connectivity index (χ3n) is 3.77. The van der Waals surface area contributed by atoms with Crippen LogP contribution in [0.5, 0.6) is 0 Å². The van der Waals surface area contributed by atoms with Crippen molar-refractivity contribution in [3.63, 3.8) is 0 Å². The first-order chi connectivity index (χ1) is 11.8. The van der Waals surface area contributed by atoms with Crippen molar-refractivity contribution in [2.45, 2.75) is 6.54 Å². The summed E-state index contributed by atoms with van der Waals surface area (Å²) < 4.78 is 6.94. The van der Waals surface area contributed by atoms with E-state index in [0.29, 0.717) is 24.5 Å². The van der Waals surface area contributed by atoms with Crippen molar-refractivity contribution in [3.05, 3.63) is 66.4 Å². The molecule has 0 spiro atoms. The number of carbonyl (C=O) groups is 1. The van der Waals surface area contributed by atoms with Gasteiger partial charge in [-0.2, -0.15) is 5.10 Å². The largest absolute Gasteiger partial charge is 0.338 e. The predicted molar refractivity (Wildman–Crippen MR) is 90.5 cm³/mol. The van der Waals surface area contributed by atoms with Gasteiger partial charge >= 0.3 is 0 Å². The van der Waals surface area contributed by atoms with Crippen molar-refractivity contribution in [2.75, 3.05) is 5.32 Å². The smallest absolute Gasteiger partial charge is 0.231 e. The van der Waals surface area contributed by atoms with Crippen molar-refractivity contribution >= 4 is 23.2 Å². The molecule has 0 aliphatic heterocycles. The standard InChI is InChI=1S/C18H14N4O2/c23-12-19-18-9-17(21-24-18)14-7-5-13(6-8-14)10-22-11-15-3-1-2-4-16(15)20-22/h1-9,11-12H,10H2,(H,19,23). The van der Waals surface area contributed by atoms with Crippen LogP contribution in [-0.4, -0.2) is 21.3 Å². The van der Waals surface area contributed by atoms with Gasteiger partial charge in [0.15, 0.2) is 0 Å². The van der Waals surface area contributed by atoms with Gasteiger partial charge in [0.25, 0.3) is 0 Å². The van der Waals surface area contributed by atoms with E-state index in [1.807, 2.05) is 53.3 Å². The molecule has 2 aromatic heterocycles. The molecule has 0 bridgehead atoms. The predicted octanol–water partition coefficient (Wildman–Crippen LogP) is 3.31. The minimum Gasteiger partial charge on any atom is -0.338 e. The van der Waals surface area contributed by atoms with Crippen LogP contribution < -0.4 is 5.32 Å². The Morgan fingerprint density at radius 3 is 2.75 bits per heavy atom. The molecular formula is C18H14N4O2. The van der Waals surface area contributed by atoms with Crippen molar-refractivity contribution in [1.82, 2.24) is 14.9 Å². The number of benzene rings is 2. The minimum atomic E-state index is 0.326. The lowest BCUT2D eigenvalue weighted by molar-refractivity contribution is -0.105. The second-order valence-corrected chi connectivity index (χ2v) is 5.42. The molecule has 4 rings (SSSR count). The highest BCUT2D eigenvalue weighted by Gasteiger charge is 2.06. The van der Waals surface area contributed by atoms with Gasteiger partial charge in [-0.25, -0.2) is 0 Å². The van der Waals surface area contributed by atoms with Crippen molar-refractivity contribution < 1.29 is 9.32 Å². The lowest BCUT2D eigenvalue weighted by Crippen LogP contribution is -1.99. The normalized spacial score (nSPS) is 10.8. The Labute approximate surface area is 137 Å². The monoisotopic (exact) mass is 318 g/mol. The molecule has 0 saturated heterocycles. The Morgan fingerprint density at radius 2 is 1.96 bits per heavy atom. The molecule has 2 heterocycles. The number of amides is 1. The van der Waals surface area contributed by atoms with Crippen molar-refractivity contribution in [2.24, 2.45) is 0 Å². The Bertz CT molecular complexity index is 953. The fourth-order valence-electron chi connectivity index (χ4n) is 2.60. The highest BCUT2D eigenvalue weighted by atomic mass is 16.5. The molecule has 6 heteroatoms. The van der Waals surface area contributed by atoms with E-state index in [0.717, 1.165) is 22.0 Å². The minimum absolute atomic E-state index is 0.326. The average Bonchev–Trinajstić information content (AvgIpc) is 3.22. The van der Waals surface area contributed by atoms with E-state index < -0.39 is 0 Å². The molecule has 0 aliphatic rings. The highest BCUT2D eigenvalue weighted by Crippen LogP contribution is 2.22. The molecule has 118 valence electrons. The summed E-state index contributed by atoms with van der Waals surface area (Å²) in [7, 11) is 0. The van der Waals surface area contributed by atoms with Crippen molar-refractivity contribution in [3.8, 4) is 11.3 Å². The number of aromatic nitrogens is 3. The number of nitrogens with zero attached hydrogens (tertiary/aromatic N) is 3. The Kier molecular flexibility index (Phi) is 3.55. The first-order valence-corrected chi connectivity index (χ1v) is 7.50. The molecule has 1 amide bonds. The van der Waals surface area contributed by atoms with E-state index in [4.69, 9.17) is 4.52 Å². The van der Waals surface area contributed by atoms with Crippen LogP contribution >= 0.6 is 0 Å². The maximum atomic E-state index is 10.4. The van der Waals surface area contributed by atoms with E-state index in [-0.39, 0.29) is 0 Å². The molecule has 6 nitrogen and oxygen atoms in total. The number of nitrogens with one attached hydrogen (secondary N) is 1. The van der Waals surface area contributed by atoms with Crippen LogP contribution in [0.4, 0.5) is 5.88 Å². The quantitative estimate of drug-likeness (QED) is 0.573. The molecule has 0 radical (unpaired) electrons. The van der Waals surface area contributed by atoms with Crippen molar-refractivity contribution in [1.29, 1.82) is 0 Å². The molecule has 0 fully saturated rings. The number of fused-ring (bicyclic) bond motifs is 1. The van der Waals surface area contributed by atoms with E-state index >= 15 is 0 Å². The topological polar surface area (TPSA) is 73.0 Å². The van der Waals surface area contributed by atoms with Gasteiger partial charge in [0.2, 0.25) is 12.3 Å². The summed E-state index contributed by atoms with van der Waals surface area (Å²) >= 11 is 0. The Balaban J connectivity index is 1.53. The maximum Gasteiger partial charge on any atom is 0.231 e. The van der Waals surface area contributed by atoms with Gasteiger partial charge in [-0.1, -0.05) is 47.6 Å². The summed E-state index contributed by atoms with van der Waals surface area (Å²) in [6, 6.07) is 17.7. The van der Waals surface area contributed by atoms with E-state index in [9.17, 15) is 4.79 Å². The van der Waals surface area contributed by atoms with Crippen LogP contribution in [0, 0.1) is 0 Å². The second-order valence-electron chi connectivity index (χ2n) is 5.42. The number of hydrogen-bond donors (Lipinski definition) is 1. The Morgan fingerprint density at radius 1 is 1.12 bits per heavy atom. The summed E-state index contributed by atoms with van der Waals surface area (Å²) in [5, 5.41) is 12.1. The van der Waals surface area contributed by atoms with E-state index in [2.05, 4.69) is 21.6 Å². The number of hydrogen-bond acceptors (Lipinski definition) is 4. The third-order valence-corrected chi connectivity index (χ3v) is 3.77. The summed E-state index contributed by atoms with van der Waals surface area (Å²) in [6.45, 7) is 0.700. The molecule has 0 atom stereocenters. The van der Waals surface area contributed by atoms with Crippen LogP contribution in [0.15, 0.2) is 65.3 Å². The zero-order chi connectivity index (χ0) is 16.4. The molecule has 1 N–H and O–H groups in total. The molecule has 2 aromatic carbocycles. The van der Waals surface area contributed by atoms with Crippen LogP contribution in [-0.2, 0) is 11.3 Å². The van der Waals surface area contributed by atoms with Gasteiger partial charge in [0, 0.05) is 23.2 Å². The third kappa shape index (κ3) is 2.77. The second kappa shape index (κ2) is 6.00. The Hall–Kier alpha value is -3.41. The van der Waals surface area contributed by atoms with Gasteiger partial charge in [0.05, 0.1) is 12.1 Å². The maximum absolute atomic E-state index is 10.4. The van der Waals surface area contributed by atoms with Crippen LogP contribution in [0.25, 0.3) is 22.2 Å². The molecule has 0 aliphatic carbocycles. The lowest BCUT2D eigenvalue weighted by Gasteiger charge is -2.02. The highest BCUT2D eigenvalue weighted by molar-refractivity contribution is 5.77. The lowest BCUT2D eigenvalue weighted by atomic mass is 10.1. The first-order valence-electron chi connectivity index (χ1n) is 7.50. The van der Waals surface area contributed by atoms with Crippen LogP contribution in [0.1, 0.15) is 5.56 Å². The fourth-order valence-corrected chi connectivity index (χ4v) is 2.60. The van der Waals surface area contributed by atoms with Gasteiger partial charge < -0.3 is 4.52 Å². The van der Waals surface area contributed by atoms with Crippen LogP contribution in [0.3, 0.4) is 0 Å². The van der Waals surface area contributed by atoms with E-state index in [1.165, 1.54) is 0 Å². The molecule has 4 aromatic rings. The number of rotatable bonds is 5. The van der Waals surface area contributed by atoms with Gasteiger partial charge in [-0.15, -0.1) is 0 Å². The summed E-state index contributed by atoms with van der Waals surface area (Å²) in [4.78, 5) is 10.4. The van der Waals surface area contributed by atoms with Gasteiger partial charge in [0.1, 0.15) is 5.69 Å². The van der Waals surface area contributed by atoms with Crippen LogP contribution in [0.2, 0.25) is 0 Å². The molecule has 24 heavy (non-hydrogen) atoms. The summed E-state index contributed by atoms with van der Waals surface area (Å²) in [5.74, 6) is 0.326.